The van der Waals surface area contributed by atoms with Crippen LogP contribution in [-0.4, -0.2) is 37.2 Å². The van der Waals surface area contributed by atoms with Gasteiger partial charge >= 0.3 is 6.18 Å². The summed E-state index contributed by atoms with van der Waals surface area (Å²) in [6, 6.07) is 12.4. The summed E-state index contributed by atoms with van der Waals surface area (Å²) in [7, 11) is 0. The van der Waals surface area contributed by atoms with E-state index < -0.39 is 11.7 Å². The molecule has 2 aliphatic rings. The van der Waals surface area contributed by atoms with Crippen molar-refractivity contribution >= 4 is 16.6 Å². The van der Waals surface area contributed by atoms with Crippen molar-refractivity contribution in [2.24, 2.45) is 5.92 Å². The van der Waals surface area contributed by atoms with Crippen LogP contribution >= 0.6 is 0 Å². The number of hydrogen-bond donors (Lipinski definition) is 0. The smallest absolute Gasteiger partial charge is 0.344 e. The molecule has 2 fully saturated rings. The predicted molar refractivity (Wildman–Crippen MR) is 120 cm³/mol. The molecule has 8 heteroatoms. The molecule has 3 aromatic heterocycles. The zero-order valence-electron chi connectivity index (χ0n) is 18.3. The van der Waals surface area contributed by atoms with E-state index in [9.17, 15) is 13.2 Å². The average molecular weight is 454 g/mol. The van der Waals surface area contributed by atoms with Crippen LogP contribution in [0.5, 0.6) is 0 Å². The Morgan fingerprint density at radius 3 is 2.45 bits per heavy atom. The summed E-state index contributed by atoms with van der Waals surface area (Å²) >= 11 is 0. The summed E-state index contributed by atoms with van der Waals surface area (Å²) < 4.78 is 46.2. The molecule has 1 aliphatic heterocycles. The minimum absolute atomic E-state index is 0.0654. The summed E-state index contributed by atoms with van der Waals surface area (Å²) in [6.45, 7) is 1.80. The Hall–Kier alpha value is -2.87. The van der Waals surface area contributed by atoms with Gasteiger partial charge in [-0.05, 0) is 60.7 Å². The van der Waals surface area contributed by atoms with Gasteiger partial charge in [0, 0.05) is 50.0 Å². The molecule has 4 aromatic rings. The molecular weight excluding hydrogens is 427 g/mol. The summed E-state index contributed by atoms with van der Waals surface area (Å²) in [4.78, 5) is 2.13. The van der Waals surface area contributed by atoms with Gasteiger partial charge in [-0.3, -0.25) is 9.30 Å². The molecule has 4 heterocycles. The number of aromatic nitrogens is 4. The molecule has 1 aromatic carbocycles. The standard InChI is InChI=1S/C25H26F3N5/c26-25(27,28)23-19(8-14-33-22(15-17-5-6-17)29-30-24(23)33)16-31-11-9-20(10-12-31)32-13-7-18-3-1-2-4-21(18)32/h1-4,7-8,13-14,17,20H,5-6,9-12,15-16H2. The van der Waals surface area contributed by atoms with Gasteiger partial charge in [-0.1, -0.05) is 18.2 Å². The minimum atomic E-state index is -4.47. The molecule has 0 N–H and O–H groups in total. The third kappa shape index (κ3) is 3.90. The molecule has 0 atom stereocenters. The fourth-order valence-corrected chi connectivity index (χ4v) is 5.22. The lowest BCUT2D eigenvalue weighted by molar-refractivity contribution is -0.137. The number of halogens is 3. The molecule has 1 saturated carbocycles. The summed E-state index contributed by atoms with van der Waals surface area (Å²) in [6.07, 6.45) is 4.14. The number of fused-ring (bicyclic) bond motifs is 2. The molecule has 5 nitrogen and oxygen atoms in total. The van der Waals surface area contributed by atoms with Gasteiger partial charge in [0.25, 0.3) is 0 Å². The minimum Gasteiger partial charge on any atom is -0.344 e. The van der Waals surface area contributed by atoms with Crippen molar-refractivity contribution in [3.63, 3.8) is 0 Å². The molecular formula is C25H26F3N5. The highest BCUT2D eigenvalue weighted by Gasteiger charge is 2.38. The van der Waals surface area contributed by atoms with Gasteiger partial charge in [0.1, 0.15) is 11.4 Å². The van der Waals surface area contributed by atoms with Crippen molar-refractivity contribution in [3.05, 3.63) is 65.7 Å². The van der Waals surface area contributed by atoms with Crippen molar-refractivity contribution < 1.29 is 13.2 Å². The number of pyridine rings is 1. The Morgan fingerprint density at radius 2 is 1.70 bits per heavy atom. The first kappa shape index (κ1) is 20.7. The second-order valence-electron chi connectivity index (χ2n) is 9.46. The molecule has 1 saturated heterocycles. The van der Waals surface area contributed by atoms with Crippen molar-refractivity contribution in [3.8, 4) is 0 Å². The van der Waals surface area contributed by atoms with E-state index in [1.165, 1.54) is 15.3 Å². The zero-order chi connectivity index (χ0) is 22.6. The lowest BCUT2D eigenvalue weighted by Gasteiger charge is -2.33. The van der Waals surface area contributed by atoms with Crippen LogP contribution in [0.25, 0.3) is 16.6 Å². The highest BCUT2D eigenvalue weighted by Crippen LogP contribution is 2.37. The third-order valence-corrected chi connectivity index (χ3v) is 7.16. The van der Waals surface area contributed by atoms with E-state index in [0.717, 1.165) is 38.8 Å². The van der Waals surface area contributed by atoms with Crippen molar-refractivity contribution in [2.45, 2.75) is 50.9 Å². The number of para-hydroxylation sites is 1. The van der Waals surface area contributed by atoms with Crippen LogP contribution in [-0.2, 0) is 19.1 Å². The van der Waals surface area contributed by atoms with Crippen LogP contribution in [0.15, 0.2) is 48.8 Å². The normalized spacial score (nSPS) is 18.5. The van der Waals surface area contributed by atoms with Crippen molar-refractivity contribution in [1.82, 2.24) is 24.1 Å². The molecule has 1 aliphatic carbocycles. The average Bonchev–Trinajstić information content (AvgIpc) is 3.37. The van der Waals surface area contributed by atoms with E-state index in [1.54, 1.807) is 12.3 Å². The van der Waals surface area contributed by atoms with Crippen LogP contribution in [0.4, 0.5) is 13.2 Å². The summed E-state index contributed by atoms with van der Waals surface area (Å²) in [5.41, 5.74) is 0.794. The first-order chi connectivity index (χ1) is 16.0. The third-order valence-electron chi connectivity index (χ3n) is 7.16. The first-order valence-corrected chi connectivity index (χ1v) is 11.7. The largest absolute Gasteiger partial charge is 0.420 e. The van der Waals surface area contributed by atoms with E-state index in [0.29, 0.717) is 24.2 Å². The molecule has 0 unspecified atom stereocenters. The van der Waals surface area contributed by atoms with E-state index in [1.807, 2.05) is 12.1 Å². The maximum atomic E-state index is 14.1. The Balaban J connectivity index is 1.22. The molecule has 0 amide bonds. The quantitative estimate of drug-likeness (QED) is 0.401. The molecule has 0 bridgehead atoms. The number of benzene rings is 1. The number of hydrogen-bond acceptors (Lipinski definition) is 3. The van der Waals surface area contributed by atoms with Gasteiger partial charge in [0.15, 0.2) is 5.65 Å². The van der Waals surface area contributed by atoms with Gasteiger partial charge in [-0.25, -0.2) is 0 Å². The first-order valence-electron chi connectivity index (χ1n) is 11.7. The lowest BCUT2D eigenvalue weighted by Crippen LogP contribution is -2.34. The molecule has 6 rings (SSSR count). The maximum Gasteiger partial charge on any atom is 0.420 e. The fraction of sp³-hybridized carbons (Fsp3) is 0.440. The Kier molecular flexibility index (Phi) is 4.94. The van der Waals surface area contributed by atoms with Gasteiger partial charge in [0.05, 0.1) is 0 Å². The van der Waals surface area contributed by atoms with Gasteiger partial charge < -0.3 is 4.57 Å². The van der Waals surface area contributed by atoms with E-state index in [2.05, 4.69) is 44.1 Å². The summed E-state index contributed by atoms with van der Waals surface area (Å²) in [5.74, 6) is 1.16. The van der Waals surface area contributed by atoms with Gasteiger partial charge in [-0.15, -0.1) is 10.2 Å². The van der Waals surface area contributed by atoms with Crippen molar-refractivity contribution in [1.29, 1.82) is 0 Å². The second-order valence-corrected chi connectivity index (χ2v) is 9.46. The van der Waals surface area contributed by atoms with Crippen molar-refractivity contribution in [2.75, 3.05) is 13.1 Å². The number of nitrogens with zero attached hydrogens (tertiary/aromatic N) is 5. The van der Waals surface area contributed by atoms with Gasteiger partial charge in [0.2, 0.25) is 0 Å². The molecule has 172 valence electrons. The highest BCUT2D eigenvalue weighted by atomic mass is 19.4. The van der Waals surface area contributed by atoms with Crippen LogP contribution in [0, 0.1) is 5.92 Å². The zero-order valence-corrected chi connectivity index (χ0v) is 18.3. The highest BCUT2D eigenvalue weighted by molar-refractivity contribution is 5.80. The SMILES string of the molecule is FC(F)(F)c1c(CN2CCC(n3ccc4ccccc43)CC2)ccn2c(CC3CC3)nnc12. The van der Waals surface area contributed by atoms with E-state index in [-0.39, 0.29) is 17.8 Å². The van der Waals surface area contributed by atoms with Crippen LogP contribution in [0.2, 0.25) is 0 Å². The van der Waals surface area contributed by atoms with Crippen LogP contribution in [0.1, 0.15) is 48.7 Å². The Labute approximate surface area is 189 Å². The fourth-order valence-electron chi connectivity index (χ4n) is 5.22. The monoisotopic (exact) mass is 453 g/mol. The number of piperidine rings is 1. The second kappa shape index (κ2) is 7.87. The van der Waals surface area contributed by atoms with Gasteiger partial charge in [-0.2, -0.15) is 13.2 Å². The Bertz CT molecular complexity index is 1290. The lowest BCUT2D eigenvalue weighted by atomic mass is 10.0. The van der Waals surface area contributed by atoms with E-state index >= 15 is 0 Å². The van der Waals surface area contributed by atoms with E-state index in [4.69, 9.17) is 0 Å². The molecule has 0 radical (unpaired) electrons. The number of likely N-dealkylation sites (tertiary alicyclic amines) is 1. The number of rotatable bonds is 5. The predicted octanol–water partition coefficient (Wildman–Crippen LogP) is 5.49. The summed E-state index contributed by atoms with van der Waals surface area (Å²) in [5, 5.41) is 9.28. The molecule has 0 spiro atoms. The number of alkyl halides is 3. The molecule has 33 heavy (non-hydrogen) atoms. The van der Waals surface area contributed by atoms with Crippen LogP contribution in [0.3, 0.4) is 0 Å². The Morgan fingerprint density at radius 1 is 0.909 bits per heavy atom. The maximum absolute atomic E-state index is 14.1. The topological polar surface area (TPSA) is 38.4 Å². The van der Waals surface area contributed by atoms with Crippen LogP contribution < -0.4 is 0 Å².